The summed E-state index contributed by atoms with van der Waals surface area (Å²) >= 11 is 5.29. The number of carbonyl (C=O) groups is 1. The lowest BCUT2D eigenvalue weighted by Gasteiger charge is -2.01. The predicted molar refractivity (Wildman–Crippen MR) is 38.7 cm³/mol. The number of halogens is 1. The third kappa shape index (κ3) is 7.68. The van der Waals surface area contributed by atoms with Crippen molar-refractivity contribution >= 4 is 17.6 Å². The number of ether oxygens (including phenoxy) is 1. The molecular formula is C5H12ClNO3. The monoisotopic (exact) mass is 169 g/mol. The lowest BCUT2D eigenvalue weighted by molar-refractivity contribution is -0.143. The van der Waals surface area contributed by atoms with Crippen molar-refractivity contribution in [3.05, 3.63) is 0 Å². The average molecular weight is 170 g/mol. The van der Waals surface area contributed by atoms with Crippen molar-refractivity contribution in [1.82, 2.24) is 0 Å². The Morgan fingerprint density at radius 1 is 1.80 bits per heavy atom. The van der Waals surface area contributed by atoms with Crippen molar-refractivity contribution in [2.24, 2.45) is 5.73 Å². The maximum Gasteiger partial charge on any atom is 0.308 e. The van der Waals surface area contributed by atoms with Crippen LogP contribution in [0.2, 0.25) is 0 Å². The Hall–Kier alpha value is -0.320. The first-order valence-electron chi connectivity index (χ1n) is 2.72. The second kappa shape index (κ2) is 6.80. The molecule has 0 amide bonds. The van der Waals surface area contributed by atoms with Gasteiger partial charge in [-0.25, -0.2) is 0 Å². The molecule has 0 aliphatic carbocycles. The van der Waals surface area contributed by atoms with Crippen LogP contribution in [0.4, 0.5) is 0 Å². The highest BCUT2D eigenvalue weighted by atomic mass is 35.5. The van der Waals surface area contributed by atoms with Crippen molar-refractivity contribution in [3.63, 3.8) is 0 Å². The van der Waals surface area contributed by atoms with E-state index in [1.165, 1.54) is 0 Å². The standard InChI is InChI=1S/C5H10ClNO2.H2O/c1-2-9-5(8)3-4(6)7;/h4H,2-3,7H2,1H3;1H2. The van der Waals surface area contributed by atoms with Crippen molar-refractivity contribution in [2.45, 2.75) is 18.8 Å². The minimum atomic E-state index is -0.621. The van der Waals surface area contributed by atoms with Crippen molar-refractivity contribution < 1.29 is 15.0 Å². The number of nitrogens with two attached hydrogens (primary N) is 1. The molecule has 0 aromatic carbocycles. The Kier molecular flexibility index (Phi) is 8.40. The summed E-state index contributed by atoms with van der Waals surface area (Å²) in [5.41, 5.74) is 4.47. The van der Waals surface area contributed by atoms with Crippen LogP contribution in [-0.4, -0.2) is 23.6 Å². The quantitative estimate of drug-likeness (QED) is 0.356. The molecule has 0 aromatic heterocycles. The van der Waals surface area contributed by atoms with E-state index in [4.69, 9.17) is 17.3 Å². The van der Waals surface area contributed by atoms with Gasteiger partial charge in [0, 0.05) is 0 Å². The van der Waals surface area contributed by atoms with Crippen LogP contribution in [-0.2, 0) is 9.53 Å². The van der Waals surface area contributed by atoms with Gasteiger partial charge in [-0.15, -0.1) is 11.6 Å². The Labute approximate surface area is 64.6 Å². The summed E-state index contributed by atoms with van der Waals surface area (Å²) in [6, 6.07) is 0. The first kappa shape index (κ1) is 12.4. The van der Waals surface area contributed by atoms with Gasteiger partial charge in [0.1, 0.15) is 0 Å². The highest BCUT2D eigenvalue weighted by molar-refractivity contribution is 6.21. The van der Waals surface area contributed by atoms with Crippen molar-refractivity contribution in [3.8, 4) is 0 Å². The lowest BCUT2D eigenvalue weighted by atomic mass is 10.4. The largest absolute Gasteiger partial charge is 0.466 e. The maximum atomic E-state index is 10.5. The summed E-state index contributed by atoms with van der Waals surface area (Å²) < 4.78 is 4.55. The third-order valence-corrected chi connectivity index (χ3v) is 0.821. The van der Waals surface area contributed by atoms with E-state index in [9.17, 15) is 4.79 Å². The summed E-state index contributed by atoms with van der Waals surface area (Å²) in [7, 11) is 0. The number of alkyl halides is 1. The Morgan fingerprint density at radius 3 is 2.60 bits per heavy atom. The Balaban J connectivity index is 0. The third-order valence-electron chi connectivity index (χ3n) is 0.667. The maximum absolute atomic E-state index is 10.5. The molecule has 4 nitrogen and oxygen atoms in total. The van der Waals surface area contributed by atoms with Crippen molar-refractivity contribution in [1.29, 1.82) is 0 Å². The molecule has 0 heterocycles. The van der Waals surface area contributed by atoms with Crippen LogP contribution >= 0.6 is 11.6 Å². The van der Waals surface area contributed by atoms with Gasteiger partial charge in [0.15, 0.2) is 0 Å². The smallest absolute Gasteiger partial charge is 0.308 e. The van der Waals surface area contributed by atoms with Crippen molar-refractivity contribution in [2.75, 3.05) is 6.61 Å². The fourth-order valence-electron chi connectivity index (χ4n) is 0.379. The molecule has 0 aliphatic heterocycles. The van der Waals surface area contributed by atoms with Gasteiger partial charge >= 0.3 is 5.97 Å². The molecule has 0 saturated heterocycles. The molecule has 1 atom stereocenters. The molecule has 0 rings (SSSR count). The SMILES string of the molecule is CCOC(=O)CC(N)Cl.O. The molecule has 5 heteroatoms. The van der Waals surface area contributed by atoms with E-state index in [2.05, 4.69) is 4.74 Å². The summed E-state index contributed by atoms with van der Waals surface area (Å²) in [6.07, 6.45) is 0.0788. The molecule has 1 unspecified atom stereocenters. The minimum Gasteiger partial charge on any atom is -0.466 e. The second-order valence-corrected chi connectivity index (χ2v) is 2.09. The van der Waals surface area contributed by atoms with Gasteiger partial charge in [0.25, 0.3) is 0 Å². The van der Waals surface area contributed by atoms with Gasteiger partial charge in [-0.2, -0.15) is 0 Å². The number of hydrogen-bond donors (Lipinski definition) is 1. The van der Waals surface area contributed by atoms with Crippen LogP contribution in [0.25, 0.3) is 0 Å². The molecule has 0 aromatic rings. The van der Waals surface area contributed by atoms with Gasteiger partial charge in [-0.1, -0.05) is 0 Å². The van der Waals surface area contributed by atoms with E-state index < -0.39 is 5.50 Å². The summed E-state index contributed by atoms with van der Waals surface area (Å²) in [5, 5.41) is 0. The molecule has 0 bridgehead atoms. The Bertz CT molecular complexity index is 96.9. The molecular weight excluding hydrogens is 158 g/mol. The van der Waals surface area contributed by atoms with Crippen LogP contribution in [0.15, 0.2) is 0 Å². The zero-order valence-electron chi connectivity index (χ0n) is 5.76. The molecule has 62 valence electrons. The van der Waals surface area contributed by atoms with Crippen LogP contribution in [0.5, 0.6) is 0 Å². The second-order valence-electron chi connectivity index (χ2n) is 1.53. The first-order chi connectivity index (χ1) is 4.16. The topological polar surface area (TPSA) is 83.8 Å². The summed E-state index contributed by atoms with van der Waals surface area (Å²) in [4.78, 5) is 10.5. The normalized spacial score (nSPS) is 11.5. The van der Waals surface area contributed by atoms with Gasteiger partial charge in [0.05, 0.1) is 18.5 Å². The molecule has 0 fully saturated rings. The summed E-state index contributed by atoms with van der Waals surface area (Å²) in [6.45, 7) is 2.11. The molecule has 0 spiro atoms. The zero-order chi connectivity index (χ0) is 7.28. The van der Waals surface area contributed by atoms with E-state index in [0.29, 0.717) is 6.61 Å². The van der Waals surface area contributed by atoms with Crippen LogP contribution in [0.3, 0.4) is 0 Å². The number of esters is 1. The predicted octanol–water partition coefficient (Wildman–Crippen LogP) is -0.361. The summed E-state index contributed by atoms with van der Waals surface area (Å²) in [5.74, 6) is -0.347. The fraction of sp³-hybridized carbons (Fsp3) is 0.800. The van der Waals surface area contributed by atoms with Gasteiger partial charge in [0.2, 0.25) is 0 Å². The van der Waals surface area contributed by atoms with E-state index in [-0.39, 0.29) is 17.9 Å². The van der Waals surface area contributed by atoms with Gasteiger partial charge in [-0.3, -0.25) is 4.79 Å². The van der Waals surface area contributed by atoms with E-state index in [1.54, 1.807) is 6.92 Å². The Morgan fingerprint density at radius 2 is 2.30 bits per heavy atom. The lowest BCUT2D eigenvalue weighted by Crippen LogP contribution is -2.18. The highest BCUT2D eigenvalue weighted by Crippen LogP contribution is 1.94. The highest BCUT2D eigenvalue weighted by Gasteiger charge is 2.05. The van der Waals surface area contributed by atoms with Crippen LogP contribution < -0.4 is 5.73 Å². The molecule has 0 aliphatic rings. The first-order valence-corrected chi connectivity index (χ1v) is 3.15. The molecule has 4 N–H and O–H groups in total. The minimum absolute atomic E-state index is 0. The van der Waals surface area contributed by atoms with Gasteiger partial charge in [-0.05, 0) is 6.92 Å². The van der Waals surface area contributed by atoms with Crippen LogP contribution in [0, 0.1) is 0 Å². The fourth-order valence-corrected chi connectivity index (χ4v) is 0.505. The molecule has 10 heavy (non-hydrogen) atoms. The van der Waals surface area contributed by atoms with Gasteiger partial charge < -0.3 is 15.9 Å². The molecule has 0 saturated carbocycles. The van der Waals surface area contributed by atoms with Crippen LogP contribution in [0.1, 0.15) is 13.3 Å². The van der Waals surface area contributed by atoms with E-state index >= 15 is 0 Å². The van der Waals surface area contributed by atoms with E-state index in [1.807, 2.05) is 0 Å². The number of rotatable bonds is 3. The molecule has 0 radical (unpaired) electrons. The number of carbonyl (C=O) groups excluding carboxylic acids is 1. The average Bonchev–Trinajstić information content (AvgIpc) is 1.63. The zero-order valence-corrected chi connectivity index (χ0v) is 6.52. The number of hydrogen-bond acceptors (Lipinski definition) is 3. The van der Waals surface area contributed by atoms with E-state index in [0.717, 1.165) is 0 Å².